The highest BCUT2D eigenvalue weighted by Gasteiger charge is 2.54. The normalized spacial score (nSPS) is 20.0. The molecule has 2 aliphatic rings. The summed E-state index contributed by atoms with van der Waals surface area (Å²) < 4.78 is 0.688. The molecule has 34 heavy (non-hydrogen) atoms. The Hall–Kier alpha value is -2.95. The number of thiazole rings is 1. The van der Waals surface area contributed by atoms with Crippen molar-refractivity contribution in [1.82, 2.24) is 25.4 Å². The van der Waals surface area contributed by atoms with E-state index in [0.717, 1.165) is 23.1 Å². The molecule has 0 saturated carbocycles. The first kappa shape index (κ1) is 24.2. The van der Waals surface area contributed by atoms with Crippen molar-refractivity contribution >= 4 is 79.8 Å². The first-order valence-electron chi connectivity index (χ1n) is 9.58. The number of nitrogens with two attached hydrogens (primary N) is 1. The highest BCUT2D eigenvalue weighted by Crippen LogP contribution is 2.44. The van der Waals surface area contributed by atoms with Crippen molar-refractivity contribution in [2.24, 2.45) is 5.16 Å². The van der Waals surface area contributed by atoms with Gasteiger partial charge in [-0.2, -0.15) is 0 Å². The minimum Gasteiger partial charge on any atom is -0.477 e. The number of carboxylic acid groups (broad SMARTS) is 1. The first-order valence-corrected chi connectivity index (χ1v) is 12.4. The van der Waals surface area contributed by atoms with Gasteiger partial charge in [0.25, 0.3) is 11.8 Å². The molecule has 4 rings (SSSR count). The summed E-state index contributed by atoms with van der Waals surface area (Å²) in [5.41, 5.74) is 5.30. The number of anilines is 2. The van der Waals surface area contributed by atoms with E-state index in [4.69, 9.17) is 22.2 Å². The Balaban J connectivity index is 1.53. The van der Waals surface area contributed by atoms with Crippen molar-refractivity contribution < 1.29 is 24.3 Å². The number of carboxylic acids is 1. The zero-order valence-electron chi connectivity index (χ0n) is 17.6. The highest BCUT2D eigenvalue weighted by molar-refractivity contribution is 8.04. The fourth-order valence-electron chi connectivity index (χ4n) is 3.54. The molecular weight excluding hydrogens is 528 g/mol. The summed E-state index contributed by atoms with van der Waals surface area (Å²) in [7, 11) is 2.95. The van der Waals surface area contributed by atoms with Crippen molar-refractivity contribution in [1.29, 1.82) is 0 Å². The van der Waals surface area contributed by atoms with Gasteiger partial charge in [0, 0.05) is 12.0 Å². The number of aromatic nitrogens is 3. The summed E-state index contributed by atoms with van der Waals surface area (Å²) in [4.78, 5) is 48.3. The number of carbonyl (C=O) groups excluding carboxylic acids is 2. The van der Waals surface area contributed by atoms with Gasteiger partial charge in [-0.15, -0.1) is 10.2 Å². The quantitative estimate of drug-likeness (QED) is 0.212. The largest absolute Gasteiger partial charge is 0.477 e. The molecule has 0 spiro atoms. The third-order valence-corrected chi connectivity index (χ3v) is 8.16. The molecule has 2 atom stereocenters. The summed E-state index contributed by atoms with van der Waals surface area (Å²) in [6, 6.07) is -1.48. The Morgan fingerprint density at radius 2 is 2.15 bits per heavy atom. The van der Waals surface area contributed by atoms with Crippen LogP contribution in [0.5, 0.6) is 0 Å². The number of hydrogen-bond acceptors (Lipinski definition) is 13. The second-order valence-electron chi connectivity index (χ2n) is 6.86. The maximum Gasteiger partial charge on any atom is 0.353 e. The number of halogens is 1. The fourth-order valence-corrected chi connectivity index (χ4v) is 6.40. The predicted octanol–water partition coefficient (Wildman–Crippen LogP) is 1.20. The third-order valence-electron chi connectivity index (χ3n) is 4.94. The van der Waals surface area contributed by atoms with Gasteiger partial charge >= 0.3 is 5.97 Å². The zero-order valence-corrected chi connectivity index (χ0v) is 20.8. The molecule has 1 saturated heterocycles. The van der Waals surface area contributed by atoms with E-state index < -0.39 is 29.9 Å². The van der Waals surface area contributed by atoms with Crippen LogP contribution in [0.3, 0.4) is 0 Å². The number of nitrogens with one attached hydrogen (secondary N) is 2. The molecule has 0 bridgehead atoms. The van der Waals surface area contributed by atoms with Crippen molar-refractivity contribution in [3.63, 3.8) is 0 Å². The lowest BCUT2D eigenvalue weighted by molar-refractivity contribution is -0.155. The number of amides is 2. The van der Waals surface area contributed by atoms with Crippen molar-refractivity contribution in [3.8, 4) is 0 Å². The highest BCUT2D eigenvalue weighted by atomic mass is 35.5. The number of oxime groups is 1. The molecule has 2 aromatic heterocycles. The van der Waals surface area contributed by atoms with E-state index in [0.29, 0.717) is 27.2 Å². The summed E-state index contributed by atoms with van der Waals surface area (Å²) >= 11 is 9.48. The van der Waals surface area contributed by atoms with Gasteiger partial charge in [0.05, 0.1) is 6.04 Å². The van der Waals surface area contributed by atoms with E-state index in [-0.39, 0.29) is 26.6 Å². The Morgan fingerprint density at radius 1 is 1.38 bits per heavy atom. The molecule has 180 valence electrons. The lowest BCUT2D eigenvalue weighted by Crippen LogP contribution is -2.72. The Kier molecular flexibility index (Phi) is 6.92. The molecule has 5 N–H and O–H groups in total. The van der Waals surface area contributed by atoms with Crippen LogP contribution in [0.2, 0.25) is 4.34 Å². The van der Waals surface area contributed by atoms with Crippen molar-refractivity contribution in [3.05, 3.63) is 20.6 Å². The van der Waals surface area contributed by atoms with Crippen molar-refractivity contribution in [2.45, 2.75) is 29.3 Å². The van der Waals surface area contributed by atoms with Crippen LogP contribution in [0.1, 0.15) is 18.5 Å². The maximum absolute atomic E-state index is 12.9. The van der Waals surface area contributed by atoms with Crippen LogP contribution in [-0.4, -0.2) is 74.9 Å². The lowest BCUT2D eigenvalue weighted by Gasteiger charge is -2.49. The molecule has 4 heterocycles. The van der Waals surface area contributed by atoms with E-state index in [1.807, 2.05) is 0 Å². The van der Waals surface area contributed by atoms with Gasteiger partial charge < -0.3 is 26.3 Å². The van der Waals surface area contributed by atoms with Crippen LogP contribution in [0.4, 0.5) is 10.3 Å². The molecule has 13 nitrogen and oxygen atoms in total. The number of fused-ring (bicyclic) bond motifs is 1. The van der Waals surface area contributed by atoms with Gasteiger partial charge in [-0.25, -0.2) is 9.78 Å². The smallest absolute Gasteiger partial charge is 0.353 e. The number of carbonyl (C=O) groups is 3. The number of thioether (sulfide) groups is 1. The monoisotopic (exact) mass is 544 g/mol. The summed E-state index contributed by atoms with van der Waals surface area (Å²) in [5, 5.41) is 27.6. The van der Waals surface area contributed by atoms with Gasteiger partial charge in [-0.3, -0.25) is 14.5 Å². The molecule has 0 unspecified atom stereocenters. The van der Waals surface area contributed by atoms with Crippen LogP contribution in [0.15, 0.2) is 20.1 Å². The van der Waals surface area contributed by atoms with Crippen LogP contribution in [0, 0.1) is 0 Å². The topological polar surface area (TPSA) is 185 Å². The van der Waals surface area contributed by atoms with E-state index in [1.54, 1.807) is 7.05 Å². The molecular formula is C17H17ClN8O5S3. The summed E-state index contributed by atoms with van der Waals surface area (Å²) in [6.45, 7) is 0. The number of hydrogen-bond donors (Lipinski definition) is 4. The number of β-lactam (4-membered cyclic amide) rings is 1. The van der Waals surface area contributed by atoms with Gasteiger partial charge in [-0.1, -0.05) is 51.2 Å². The molecule has 2 aromatic rings. The Bertz CT molecular complexity index is 1230. The van der Waals surface area contributed by atoms with Gasteiger partial charge in [0.1, 0.15) is 28.9 Å². The van der Waals surface area contributed by atoms with Crippen LogP contribution >= 0.6 is 46.0 Å². The zero-order chi connectivity index (χ0) is 24.6. The Labute approximate surface area is 209 Å². The fraction of sp³-hybridized carbons (Fsp3) is 0.353. The third kappa shape index (κ3) is 4.40. The second-order valence-corrected chi connectivity index (χ2v) is 10.8. The molecule has 17 heteroatoms. The molecule has 2 amide bonds. The number of aliphatic carboxylic acids is 1. The number of allylic oxidation sites excluding steroid dienone is 1. The molecule has 1 fully saturated rings. The molecule has 0 radical (unpaired) electrons. The minimum absolute atomic E-state index is 0.0265. The van der Waals surface area contributed by atoms with Gasteiger partial charge in [-0.05, 0) is 12.8 Å². The minimum atomic E-state index is -1.24. The van der Waals surface area contributed by atoms with Gasteiger partial charge in [0.2, 0.25) is 5.13 Å². The number of nitrogen functional groups attached to an aromatic ring is 1. The predicted molar refractivity (Wildman–Crippen MR) is 127 cm³/mol. The average Bonchev–Trinajstić information content (AvgIpc) is 3.40. The van der Waals surface area contributed by atoms with Crippen molar-refractivity contribution in [2.75, 3.05) is 25.2 Å². The van der Waals surface area contributed by atoms with Crippen LogP contribution < -0.4 is 16.4 Å². The summed E-state index contributed by atoms with van der Waals surface area (Å²) in [5.74, 6) is -2.54. The van der Waals surface area contributed by atoms with E-state index in [1.165, 1.54) is 23.3 Å². The molecule has 2 aliphatic heterocycles. The molecule has 0 aromatic carbocycles. The number of nitrogens with zero attached hydrogens (tertiary/aromatic N) is 5. The first-order chi connectivity index (χ1) is 16.2. The lowest BCUT2D eigenvalue weighted by atomic mass is 9.86. The van der Waals surface area contributed by atoms with Crippen LogP contribution in [0.25, 0.3) is 0 Å². The summed E-state index contributed by atoms with van der Waals surface area (Å²) in [6.07, 6.45) is 0.823. The van der Waals surface area contributed by atoms with E-state index >= 15 is 0 Å². The molecule has 0 aliphatic carbocycles. The SMILES string of the molecule is CNc1nnc(SC2=C(C(=O)O)N3C(=O)[C@@H](NC(=O)/C(=N\OC)c4nc(N)sc4Cl)[C@H]3CC2)s1. The second kappa shape index (κ2) is 9.73. The van der Waals surface area contributed by atoms with Crippen LogP contribution in [-0.2, 0) is 19.2 Å². The van der Waals surface area contributed by atoms with E-state index in [2.05, 4.69) is 31.0 Å². The average molecular weight is 545 g/mol. The van der Waals surface area contributed by atoms with E-state index in [9.17, 15) is 19.5 Å². The maximum atomic E-state index is 12.9. The van der Waals surface area contributed by atoms with Gasteiger partial charge in [0.15, 0.2) is 15.2 Å². The number of rotatable bonds is 8. The standard InChI is InChI=1S/C17H17ClN8O5S3/c1-20-16-23-24-17(34-16)32-6-4-3-5-7(13(28)26(5)10(6)14(29)30)21-12(27)9(25-31-2)8-11(18)33-15(19)22-8/h5,7H,3-4H2,1-2H3,(H2,19,22)(H,20,23)(H,21,27)(H,29,30)/b25-9-/t5-,7+/m1/s1. The Morgan fingerprint density at radius 3 is 2.74 bits per heavy atom.